The van der Waals surface area contributed by atoms with E-state index in [9.17, 15) is 0 Å². The Bertz CT molecular complexity index is 3070. The maximum atomic E-state index is 5.25. The molecule has 266 valence electrons. The van der Waals surface area contributed by atoms with Crippen molar-refractivity contribution in [1.82, 2.24) is 9.97 Å². The Morgan fingerprint density at radius 2 is 0.860 bits per heavy atom. The molecule has 0 aliphatic heterocycles. The molecule has 2 nitrogen and oxygen atoms in total. The highest BCUT2D eigenvalue weighted by atomic mass is 14.9. The Morgan fingerprint density at radius 1 is 0.298 bits per heavy atom. The first-order valence-corrected chi connectivity index (χ1v) is 19.6. The SMILES string of the molecule is c1ccc(-c2nc(-c3ccc4ccccc4c3)cc(-c3ccc(-c4ccc5c(c4)-c4ccccc4C5(c4ccccc4)c4ccccc4)c4ccccc34)n2)cc1. The molecule has 0 bridgehead atoms. The summed E-state index contributed by atoms with van der Waals surface area (Å²) in [7, 11) is 0. The smallest absolute Gasteiger partial charge is 0.160 e. The number of rotatable bonds is 6. The Morgan fingerprint density at radius 3 is 1.61 bits per heavy atom. The van der Waals surface area contributed by atoms with Crippen molar-refractivity contribution in [1.29, 1.82) is 0 Å². The van der Waals surface area contributed by atoms with Crippen molar-refractivity contribution in [3.63, 3.8) is 0 Å². The summed E-state index contributed by atoms with van der Waals surface area (Å²) in [6.45, 7) is 0. The van der Waals surface area contributed by atoms with E-state index in [0.717, 1.165) is 33.5 Å². The number of fused-ring (bicyclic) bond motifs is 5. The zero-order valence-corrected chi connectivity index (χ0v) is 31.2. The van der Waals surface area contributed by atoms with E-state index in [-0.39, 0.29) is 0 Å². The summed E-state index contributed by atoms with van der Waals surface area (Å²) >= 11 is 0. The molecule has 1 aromatic heterocycles. The maximum Gasteiger partial charge on any atom is 0.160 e. The quantitative estimate of drug-likeness (QED) is 0.171. The third-order valence-corrected chi connectivity index (χ3v) is 11.8. The average molecular weight is 725 g/mol. The largest absolute Gasteiger partial charge is 0.228 e. The van der Waals surface area contributed by atoms with Gasteiger partial charge in [0.1, 0.15) is 0 Å². The minimum Gasteiger partial charge on any atom is -0.228 e. The van der Waals surface area contributed by atoms with Gasteiger partial charge in [0.25, 0.3) is 0 Å². The van der Waals surface area contributed by atoms with Gasteiger partial charge in [0.2, 0.25) is 0 Å². The van der Waals surface area contributed by atoms with Crippen LogP contribution in [0, 0.1) is 0 Å². The van der Waals surface area contributed by atoms with Gasteiger partial charge in [0.05, 0.1) is 16.8 Å². The van der Waals surface area contributed by atoms with E-state index in [0.29, 0.717) is 5.82 Å². The molecule has 0 amide bonds. The molecular weight excluding hydrogens is 689 g/mol. The van der Waals surface area contributed by atoms with Crippen LogP contribution in [0.4, 0.5) is 0 Å². The fourth-order valence-electron chi connectivity index (χ4n) is 9.19. The second-order valence-electron chi connectivity index (χ2n) is 14.9. The first kappa shape index (κ1) is 33.0. The van der Waals surface area contributed by atoms with Gasteiger partial charge in [-0.1, -0.05) is 200 Å². The zero-order chi connectivity index (χ0) is 37.8. The van der Waals surface area contributed by atoms with Gasteiger partial charge in [-0.05, 0) is 84.3 Å². The number of hydrogen-bond acceptors (Lipinski definition) is 2. The fourth-order valence-corrected chi connectivity index (χ4v) is 9.19. The van der Waals surface area contributed by atoms with Gasteiger partial charge in [-0.25, -0.2) is 9.97 Å². The number of nitrogens with zero attached hydrogens (tertiary/aromatic N) is 2. The van der Waals surface area contributed by atoms with Gasteiger partial charge in [-0.15, -0.1) is 0 Å². The molecule has 0 fully saturated rings. The van der Waals surface area contributed by atoms with Crippen molar-refractivity contribution in [2.75, 3.05) is 0 Å². The fraction of sp³-hybridized carbons (Fsp3) is 0.0182. The molecule has 0 radical (unpaired) electrons. The van der Waals surface area contributed by atoms with E-state index in [2.05, 4.69) is 200 Å². The number of aromatic nitrogens is 2. The Balaban J connectivity index is 1.09. The molecule has 0 atom stereocenters. The van der Waals surface area contributed by atoms with Crippen molar-refractivity contribution >= 4 is 21.5 Å². The summed E-state index contributed by atoms with van der Waals surface area (Å²) in [6.07, 6.45) is 0. The monoisotopic (exact) mass is 724 g/mol. The second kappa shape index (κ2) is 13.4. The van der Waals surface area contributed by atoms with Gasteiger partial charge < -0.3 is 0 Å². The van der Waals surface area contributed by atoms with Crippen LogP contribution < -0.4 is 0 Å². The number of benzene rings is 9. The molecule has 0 spiro atoms. The van der Waals surface area contributed by atoms with Crippen LogP contribution in [0.25, 0.3) is 77.7 Å². The summed E-state index contributed by atoms with van der Waals surface area (Å²) < 4.78 is 0. The highest BCUT2D eigenvalue weighted by Gasteiger charge is 2.46. The molecule has 0 unspecified atom stereocenters. The van der Waals surface area contributed by atoms with Crippen LogP contribution in [0.2, 0.25) is 0 Å². The molecule has 0 N–H and O–H groups in total. The van der Waals surface area contributed by atoms with Crippen LogP contribution in [0.15, 0.2) is 218 Å². The normalized spacial score (nSPS) is 12.7. The lowest BCUT2D eigenvalue weighted by Gasteiger charge is -2.33. The van der Waals surface area contributed by atoms with Crippen molar-refractivity contribution in [2.24, 2.45) is 0 Å². The summed E-state index contributed by atoms with van der Waals surface area (Å²) in [5.41, 5.74) is 14.6. The van der Waals surface area contributed by atoms with E-state index < -0.39 is 5.41 Å². The third-order valence-electron chi connectivity index (χ3n) is 11.8. The van der Waals surface area contributed by atoms with Gasteiger partial charge in [-0.2, -0.15) is 0 Å². The molecule has 1 aliphatic rings. The average Bonchev–Trinajstić information content (AvgIpc) is 3.59. The van der Waals surface area contributed by atoms with E-state index >= 15 is 0 Å². The van der Waals surface area contributed by atoms with Crippen molar-refractivity contribution in [3.05, 3.63) is 241 Å². The second-order valence-corrected chi connectivity index (χ2v) is 14.9. The molecule has 2 heteroatoms. The standard InChI is InChI=1S/C55H36N2/c1-4-17-38(18-5-1)54-56-52(41-29-28-37-16-10-11-19-39(37)34-41)36-53(57-54)48-32-31-44(45-24-12-13-25-46(45)48)40-30-33-51-49(35-40)47-26-14-15-27-50(47)55(51,42-20-6-2-7-21-42)43-22-8-3-9-23-43/h1-36H. The topological polar surface area (TPSA) is 25.8 Å². The minimum absolute atomic E-state index is 0.425. The van der Waals surface area contributed by atoms with Gasteiger partial charge in [-0.3, -0.25) is 0 Å². The predicted octanol–water partition coefficient (Wildman–Crippen LogP) is 13.8. The van der Waals surface area contributed by atoms with Crippen molar-refractivity contribution in [2.45, 2.75) is 5.41 Å². The van der Waals surface area contributed by atoms with Crippen LogP contribution in [-0.4, -0.2) is 9.97 Å². The zero-order valence-electron chi connectivity index (χ0n) is 31.2. The lowest BCUT2D eigenvalue weighted by atomic mass is 9.67. The van der Waals surface area contributed by atoms with E-state index in [1.807, 2.05) is 18.2 Å². The van der Waals surface area contributed by atoms with Crippen LogP contribution in [0.5, 0.6) is 0 Å². The van der Waals surface area contributed by atoms with E-state index in [1.54, 1.807) is 0 Å². The Labute approximate surface area is 332 Å². The third kappa shape index (κ3) is 5.33. The highest BCUT2D eigenvalue weighted by molar-refractivity contribution is 6.05. The molecule has 57 heavy (non-hydrogen) atoms. The van der Waals surface area contributed by atoms with Gasteiger partial charge in [0, 0.05) is 16.7 Å². The Hall–Kier alpha value is -7.42. The lowest BCUT2D eigenvalue weighted by molar-refractivity contribution is 0.768. The predicted molar refractivity (Wildman–Crippen MR) is 236 cm³/mol. The molecule has 1 heterocycles. The molecule has 1 aliphatic carbocycles. The molecule has 0 saturated heterocycles. The summed E-state index contributed by atoms with van der Waals surface area (Å²) in [5.74, 6) is 0.710. The van der Waals surface area contributed by atoms with E-state index in [1.165, 1.54) is 60.7 Å². The van der Waals surface area contributed by atoms with Crippen LogP contribution >= 0.6 is 0 Å². The summed E-state index contributed by atoms with van der Waals surface area (Å²) in [4.78, 5) is 10.4. The number of hydrogen-bond donors (Lipinski definition) is 0. The molecule has 11 rings (SSSR count). The molecular formula is C55H36N2. The Kier molecular flexibility index (Phi) is 7.75. The maximum absolute atomic E-state index is 5.25. The molecule has 10 aromatic rings. The highest BCUT2D eigenvalue weighted by Crippen LogP contribution is 2.56. The van der Waals surface area contributed by atoms with Gasteiger partial charge >= 0.3 is 0 Å². The molecule has 0 saturated carbocycles. The van der Waals surface area contributed by atoms with Crippen molar-refractivity contribution in [3.8, 4) is 56.2 Å². The van der Waals surface area contributed by atoms with Gasteiger partial charge in [0.15, 0.2) is 5.82 Å². The minimum atomic E-state index is -0.425. The van der Waals surface area contributed by atoms with Crippen LogP contribution in [0.3, 0.4) is 0 Å². The molecule has 9 aromatic carbocycles. The van der Waals surface area contributed by atoms with E-state index in [4.69, 9.17) is 9.97 Å². The van der Waals surface area contributed by atoms with Crippen molar-refractivity contribution < 1.29 is 0 Å². The van der Waals surface area contributed by atoms with Crippen LogP contribution in [-0.2, 0) is 5.41 Å². The lowest BCUT2D eigenvalue weighted by Crippen LogP contribution is -2.28. The van der Waals surface area contributed by atoms with Crippen LogP contribution in [0.1, 0.15) is 22.3 Å². The first-order valence-electron chi connectivity index (χ1n) is 19.6. The first-order chi connectivity index (χ1) is 28.3. The summed E-state index contributed by atoms with van der Waals surface area (Å²) in [6, 6.07) is 78.8. The summed E-state index contributed by atoms with van der Waals surface area (Å²) in [5, 5.41) is 4.74.